The average Bonchev–Trinajstić information content (AvgIpc) is 3.85. The molecule has 0 aromatic heterocycles. The summed E-state index contributed by atoms with van der Waals surface area (Å²) in [5, 5.41) is 181. The van der Waals surface area contributed by atoms with Gasteiger partial charge < -0.3 is 134 Å². The maximum absolute atomic E-state index is 14.4. The Balaban J connectivity index is 0.983. The highest BCUT2D eigenvalue weighted by atomic mass is 16.8. The lowest BCUT2D eigenvalue weighted by Crippen LogP contribution is -2.68. The van der Waals surface area contributed by atoms with E-state index in [1.165, 1.54) is 0 Å². The van der Waals surface area contributed by atoms with Gasteiger partial charge in [-0.15, -0.1) is 0 Å². The quantitative estimate of drug-likeness (QED) is 0.0411. The summed E-state index contributed by atoms with van der Waals surface area (Å²) >= 11 is 0. The summed E-state index contributed by atoms with van der Waals surface area (Å²) in [7, 11) is 0. The second kappa shape index (κ2) is 23.3. The van der Waals surface area contributed by atoms with Gasteiger partial charge in [0.1, 0.15) is 122 Å². The van der Waals surface area contributed by atoms with Gasteiger partial charge in [0.15, 0.2) is 25.2 Å². The first-order valence-corrected chi connectivity index (χ1v) is 26.9. The van der Waals surface area contributed by atoms with Crippen molar-refractivity contribution in [1.29, 1.82) is 0 Å². The van der Waals surface area contributed by atoms with Crippen molar-refractivity contribution in [2.75, 3.05) is 33.0 Å². The molecule has 5 aliphatic heterocycles. The summed E-state index contributed by atoms with van der Waals surface area (Å²) in [6, 6.07) is 0. The fourth-order valence-electron chi connectivity index (χ4n) is 14.9. The number of fused-ring (bicyclic) bond motifs is 3. The Kier molecular flexibility index (Phi) is 18.2. The van der Waals surface area contributed by atoms with Crippen LogP contribution in [0.4, 0.5) is 0 Å². The van der Waals surface area contributed by atoms with Crippen molar-refractivity contribution in [2.24, 2.45) is 28.1 Å². The SMILES string of the molecule is C=C1C[C@@]23CC[C@H]4[C@@](C)(CCC[C@@]4(C)C(=O)O[C@@H]4OC(CO)[C@@H](O)C(O)C4O)[C@@H]2CC[C@]1(O[C@@H]1OC(CO)[C@@H](O)C(O[C@@H]2OC(CO)[C@@H](O)C(O)[C@@H]2O)C1O[C@@H]1OC(CO[C@H]2OC(CO)[C@@H](O)C(O)C2O)[C@@H](O)C(O)C1O)C3. The monoisotopic (exact) mass is 1130 g/mol. The van der Waals surface area contributed by atoms with Gasteiger partial charge in [-0.1, -0.05) is 19.9 Å². The van der Waals surface area contributed by atoms with Gasteiger partial charge in [0.25, 0.3) is 0 Å². The summed E-state index contributed by atoms with van der Waals surface area (Å²) in [5.41, 5.74) is -2.64. The lowest BCUT2D eigenvalue weighted by molar-refractivity contribution is -0.401. The second-order valence-corrected chi connectivity index (χ2v) is 23.7. The van der Waals surface area contributed by atoms with Crippen molar-refractivity contribution < 1.29 is 139 Å². The predicted molar refractivity (Wildman–Crippen MR) is 252 cm³/mol. The van der Waals surface area contributed by atoms with E-state index in [1.807, 2.05) is 6.92 Å². The van der Waals surface area contributed by atoms with Crippen LogP contribution < -0.4 is 0 Å². The number of carbonyl (C=O) groups excluding carboxylic acids is 1. The van der Waals surface area contributed by atoms with Crippen molar-refractivity contribution in [3.05, 3.63) is 12.2 Å². The minimum atomic E-state index is -2.10. The van der Waals surface area contributed by atoms with Crippen LogP contribution in [0.3, 0.4) is 0 Å². The highest BCUT2D eigenvalue weighted by Gasteiger charge is 2.70. The number of ether oxygens (including phenoxy) is 10. The predicted octanol–water partition coefficient (Wildman–Crippen LogP) is -7.29. The van der Waals surface area contributed by atoms with E-state index in [0.29, 0.717) is 56.9 Å². The van der Waals surface area contributed by atoms with E-state index in [0.717, 1.165) is 6.42 Å². The van der Waals surface area contributed by atoms with E-state index in [2.05, 4.69) is 13.5 Å². The number of rotatable bonds is 15. The van der Waals surface area contributed by atoms with E-state index in [-0.39, 0.29) is 11.8 Å². The first kappa shape index (κ1) is 60.8. The molecule has 14 unspecified atom stereocenters. The molecule has 9 rings (SSSR count). The summed E-state index contributed by atoms with van der Waals surface area (Å²) in [6.07, 6.45) is -40.0. The molecule has 5 heterocycles. The normalized spacial score (nSPS) is 54.5. The van der Waals surface area contributed by atoms with Crippen LogP contribution in [0.5, 0.6) is 0 Å². The maximum Gasteiger partial charge on any atom is 0.314 e. The average molecular weight is 1130 g/mol. The molecule has 0 aromatic carbocycles. The van der Waals surface area contributed by atoms with E-state index >= 15 is 0 Å². The number of hydrogen-bond donors (Lipinski definition) is 17. The minimum Gasteiger partial charge on any atom is -0.432 e. The molecule has 9 aliphatic rings. The molecule has 28 heteroatoms. The molecule has 0 radical (unpaired) electrons. The van der Waals surface area contributed by atoms with E-state index in [1.54, 1.807) is 0 Å². The number of aliphatic hydroxyl groups excluding tert-OH is 17. The summed E-state index contributed by atoms with van der Waals surface area (Å²) in [6.45, 7) is 4.51. The number of esters is 1. The molecule has 4 aliphatic carbocycles. The molecule has 4 saturated carbocycles. The molecule has 5 saturated heterocycles. The zero-order chi connectivity index (χ0) is 56.7. The molecule has 1 spiro atoms. The van der Waals surface area contributed by atoms with Gasteiger partial charge >= 0.3 is 5.97 Å². The third kappa shape index (κ3) is 10.4. The van der Waals surface area contributed by atoms with Gasteiger partial charge in [0.2, 0.25) is 6.29 Å². The Hall–Kier alpha value is -1.83. The van der Waals surface area contributed by atoms with Gasteiger partial charge in [0, 0.05) is 0 Å². The fraction of sp³-hybridized carbons (Fsp3) is 0.940. The van der Waals surface area contributed by atoms with Crippen molar-refractivity contribution in [2.45, 2.75) is 231 Å². The molecule has 31 atom stereocenters. The highest BCUT2D eigenvalue weighted by molar-refractivity contribution is 5.77. The van der Waals surface area contributed by atoms with Crippen LogP contribution in [0, 0.1) is 28.1 Å². The van der Waals surface area contributed by atoms with Crippen LogP contribution >= 0.6 is 0 Å². The van der Waals surface area contributed by atoms with Crippen LogP contribution in [0.25, 0.3) is 0 Å². The van der Waals surface area contributed by atoms with Gasteiger partial charge in [-0.05, 0) is 86.5 Å². The van der Waals surface area contributed by atoms with Gasteiger partial charge in [-0.25, -0.2) is 0 Å². The van der Waals surface area contributed by atoms with Crippen molar-refractivity contribution in [1.82, 2.24) is 0 Å². The molecule has 9 fully saturated rings. The zero-order valence-electron chi connectivity index (χ0n) is 43.3. The van der Waals surface area contributed by atoms with Crippen LogP contribution in [-0.4, -0.2) is 285 Å². The number of carbonyl (C=O) groups is 1. The highest BCUT2D eigenvalue weighted by Crippen LogP contribution is 2.74. The van der Waals surface area contributed by atoms with Gasteiger partial charge in [-0.3, -0.25) is 4.79 Å². The molecule has 2 bridgehead atoms. The third-order valence-corrected chi connectivity index (χ3v) is 19.2. The molecule has 0 amide bonds. The fourth-order valence-corrected chi connectivity index (χ4v) is 14.9. The van der Waals surface area contributed by atoms with E-state index in [4.69, 9.17) is 47.4 Å². The lowest BCUT2D eigenvalue weighted by atomic mass is 9.41. The van der Waals surface area contributed by atoms with Gasteiger partial charge in [0.05, 0.1) is 44.1 Å². The lowest BCUT2D eigenvalue weighted by Gasteiger charge is -2.64. The standard InChI is InChI=1S/C50H80O28/c1-18-11-49-9-5-24-47(2,7-4-8-48(24,3)46(68)77-44-38(67)33(62)28(57)21(14-53)72-44)25(49)6-10-50(18,17-49)78-45-40(39(30(59)22(15-54)73-45)75-42-36(65)32(61)27(56)20(13-52)71-42)76-43-37(66)34(63)29(58)23(74-43)16-69-41-35(64)31(60)26(55)19(12-51)70-41/h19-45,51-67H,1,4-17H2,2-3H3/t19?,20?,21?,22?,23?,24-,25-,26+,27+,28+,29+,30+,31?,32?,33?,34?,35?,36-,37?,38?,39?,40?,41-,42-,43-,44-,45-,47+,48+,49+,50-/m0/s1. The van der Waals surface area contributed by atoms with Crippen LogP contribution in [0.15, 0.2) is 12.2 Å². The van der Waals surface area contributed by atoms with Crippen LogP contribution in [0.1, 0.15) is 71.6 Å². The van der Waals surface area contributed by atoms with E-state index < -0.39 is 214 Å². The maximum atomic E-state index is 14.4. The molecule has 448 valence electrons. The Morgan fingerprint density at radius 1 is 0.513 bits per heavy atom. The largest absolute Gasteiger partial charge is 0.432 e. The Labute approximate surface area is 448 Å². The number of aliphatic hydroxyl groups is 17. The Morgan fingerprint density at radius 2 is 0.962 bits per heavy atom. The first-order valence-electron chi connectivity index (χ1n) is 26.9. The molecule has 28 nitrogen and oxygen atoms in total. The molecular formula is C50H80O28. The molecule has 0 aromatic rings. The summed E-state index contributed by atoms with van der Waals surface area (Å²) in [5.74, 6) is -0.942. The Bertz CT molecular complexity index is 2070. The van der Waals surface area contributed by atoms with Crippen molar-refractivity contribution >= 4 is 5.97 Å². The minimum absolute atomic E-state index is 0.0335. The zero-order valence-corrected chi connectivity index (χ0v) is 43.3. The van der Waals surface area contributed by atoms with Crippen molar-refractivity contribution in [3.63, 3.8) is 0 Å². The van der Waals surface area contributed by atoms with Crippen LogP contribution in [-0.2, 0) is 52.2 Å². The first-order chi connectivity index (χ1) is 36.8. The topological polar surface area (TPSA) is 453 Å². The summed E-state index contributed by atoms with van der Waals surface area (Å²) < 4.78 is 59.9. The molecule has 17 N–H and O–H groups in total. The molecular weight excluding hydrogens is 1050 g/mol. The summed E-state index contributed by atoms with van der Waals surface area (Å²) in [4.78, 5) is 14.4. The van der Waals surface area contributed by atoms with Crippen LogP contribution in [0.2, 0.25) is 0 Å². The smallest absolute Gasteiger partial charge is 0.314 e. The third-order valence-electron chi connectivity index (χ3n) is 19.2. The Morgan fingerprint density at radius 3 is 1.53 bits per heavy atom. The molecule has 78 heavy (non-hydrogen) atoms. The van der Waals surface area contributed by atoms with E-state index in [9.17, 15) is 91.6 Å². The second-order valence-electron chi connectivity index (χ2n) is 23.7. The van der Waals surface area contributed by atoms with Gasteiger partial charge in [-0.2, -0.15) is 0 Å². The number of hydrogen-bond acceptors (Lipinski definition) is 28. The van der Waals surface area contributed by atoms with Crippen molar-refractivity contribution in [3.8, 4) is 0 Å².